The number of halogens is 1. The van der Waals surface area contributed by atoms with Gasteiger partial charge in [-0.25, -0.2) is 9.48 Å². The zero-order valence-electron chi connectivity index (χ0n) is 12.4. The second-order valence-electron chi connectivity index (χ2n) is 4.84. The number of methoxy groups -OCH3 is 1. The van der Waals surface area contributed by atoms with Crippen molar-refractivity contribution in [2.45, 2.75) is 6.92 Å². The van der Waals surface area contributed by atoms with Crippen molar-refractivity contribution in [2.24, 2.45) is 0 Å². The number of rotatable bonds is 4. The highest BCUT2D eigenvalue weighted by Crippen LogP contribution is 2.36. The summed E-state index contributed by atoms with van der Waals surface area (Å²) in [7, 11) is 1.60. The Balaban J connectivity index is 2.21. The third-order valence-electron chi connectivity index (χ3n) is 3.45. The van der Waals surface area contributed by atoms with Gasteiger partial charge in [0.05, 0.1) is 27.2 Å². The minimum Gasteiger partial charge on any atom is -0.497 e. The van der Waals surface area contributed by atoms with Gasteiger partial charge in [0.25, 0.3) is 0 Å². The van der Waals surface area contributed by atoms with Crippen molar-refractivity contribution in [2.75, 3.05) is 7.11 Å². The van der Waals surface area contributed by atoms with Crippen LogP contribution in [0.4, 0.5) is 0 Å². The van der Waals surface area contributed by atoms with E-state index in [4.69, 9.17) is 4.74 Å². The Bertz CT molecular complexity index is 868. The van der Waals surface area contributed by atoms with Crippen LogP contribution in [-0.4, -0.2) is 28.0 Å². The summed E-state index contributed by atoms with van der Waals surface area (Å²) in [5.74, 6) is -0.303. The van der Waals surface area contributed by atoms with Gasteiger partial charge in [-0.1, -0.05) is 0 Å². The summed E-state index contributed by atoms with van der Waals surface area (Å²) >= 11 is 4.98. The summed E-state index contributed by atoms with van der Waals surface area (Å²) in [5.41, 5.74) is 2.26. The fourth-order valence-corrected chi connectivity index (χ4v) is 3.81. The second-order valence-corrected chi connectivity index (χ2v) is 7.30. The van der Waals surface area contributed by atoms with E-state index in [9.17, 15) is 9.90 Å². The van der Waals surface area contributed by atoms with Gasteiger partial charge in [0.15, 0.2) is 5.69 Å². The van der Waals surface area contributed by atoms with Gasteiger partial charge in [-0.2, -0.15) is 5.10 Å². The van der Waals surface area contributed by atoms with Crippen LogP contribution in [0.2, 0.25) is 0 Å². The number of hydrogen-bond acceptors (Lipinski definition) is 4. The summed E-state index contributed by atoms with van der Waals surface area (Å²) in [4.78, 5) is 12.4. The van der Waals surface area contributed by atoms with Crippen LogP contribution in [0.3, 0.4) is 0 Å². The number of aromatic carboxylic acids is 1. The Morgan fingerprint density at radius 1 is 1.26 bits per heavy atom. The maximum Gasteiger partial charge on any atom is 0.356 e. The van der Waals surface area contributed by atoms with Crippen molar-refractivity contribution in [1.82, 2.24) is 9.78 Å². The van der Waals surface area contributed by atoms with E-state index in [0.29, 0.717) is 5.56 Å². The van der Waals surface area contributed by atoms with Crippen molar-refractivity contribution in [1.29, 1.82) is 0 Å². The average Bonchev–Trinajstić information content (AvgIpc) is 3.10. The van der Waals surface area contributed by atoms with Gasteiger partial charge < -0.3 is 9.84 Å². The average molecular weight is 393 g/mol. The van der Waals surface area contributed by atoms with Crippen LogP contribution in [0.1, 0.15) is 16.1 Å². The molecule has 23 heavy (non-hydrogen) atoms. The number of carboxylic acid groups (broad SMARTS) is 1. The maximum absolute atomic E-state index is 11.5. The lowest BCUT2D eigenvalue weighted by molar-refractivity contribution is 0.0689. The van der Waals surface area contributed by atoms with Gasteiger partial charge in [-0.3, -0.25) is 0 Å². The predicted octanol–water partition coefficient (Wildman–Crippen LogP) is 4.38. The van der Waals surface area contributed by atoms with E-state index in [1.165, 1.54) is 11.3 Å². The lowest BCUT2D eigenvalue weighted by Gasteiger charge is -2.08. The van der Waals surface area contributed by atoms with Crippen LogP contribution in [0.25, 0.3) is 16.3 Å². The molecule has 2 aromatic heterocycles. The van der Waals surface area contributed by atoms with E-state index in [0.717, 1.165) is 25.8 Å². The molecule has 7 heteroatoms. The Hall–Kier alpha value is -2.12. The lowest BCUT2D eigenvalue weighted by Crippen LogP contribution is -2.02. The Kier molecular flexibility index (Phi) is 4.23. The van der Waals surface area contributed by atoms with Crippen LogP contribution in [0, 0.1) is 6.92 Å². The number of ether oxygens (including phenoxy) is 1. The maximum atomic E-state index is 11.5. The molecule has 3 rings (SSSR count). The molecule has 3 aromatic rings. The number of aromatic nitrogens is 2. The molecule has 0 amide bonds. The molecule has 0 aliphatic heterocycles. The molecular formula is C16H13BrN2O3S. The molecule has 1 aromatic carbocycles. The number of carbonyl (C=O) groups is 1. The number of hydrogen-bond donors (Lipinski definition) is 1. The second kappa shape index (κ2) is 6.17. The number of carboxylic acids is 1. The predicted molar refractivity (Wildman–Crippen MR) is 92.8 cm³/mol. The summed E-state index contributed by atoms with van der Waals surface area (Å²) in [6.07, 6.45) is 0. The molecule has 0 bridgehead atoms. The molecular weight excluding hydrogens is 380 g/mol. The minimum atomic E-state index is -1.04. The highest BCUT2D eigenvalue weighted by Gasteiger charge is 2.22. The zero-order valence-corrected chi connectivity index (χ0v) is 14.8. The fourth-order valence-electron chi connectivity index (χ4n) is 2.34. The van der Waals surface area contributed by atoms with E-state index in [1.54, 1.807) is 18.7 Å². The number of nitrogens with zero attached hydrogens (tertiary/aromatic N) is 2. The standard InChI is InChI=1S/C16H13BrN2O3S/c1-9-14(16(20)21)18-19(10-3-5-11(22-2)6-4-10)15(9)12-7-8-13(17)23-12/h3-8H,1-2H3,(H,20,21). The van der Waals surface area contributed by atoms with Crippen LogP contribution in [-0.2, 0) is 0 Å². The Morgan fingerprint density at radius 2 is 1.96 bits per heavy atom. The van der Waals surface area contributed by atoms with Gasteiger partial charge in [-0.05, 0) is 59.3 Å². The molecule has 0 saturated heterocycles. The zero-order chi connectivity index (χ0) is 16.6. The van der Waals surface area contributed by atoms with Crippen LogP contribution in [0.15, 0.2) is 40.2 Å². The summed E-state index contributed by atoms with van der Waals surface area (Å²) in [5, 5.41) is 13.7. The van der Waals surface area contributed by atoms with Gasteiger partial charge in [0.2, 0.25) is 0 Å². The highest BCUT2D eigenvalue weighted by atomic mass is 79.9. The van der Waals surface area contributed by atoms with Crippen molar-refractivity contribution >= 4 is 33.2 Å². The van der Waals surface area contributed by atoms with Crippen molar-refractivity contribution < 1.29 is 14.6 Å². The van der Waals surface area contributed by atoms with E-state index in [1.807, 2.05) is 36.4 Å². The van der Waals surface area contributed by atoms with Crippen LogP contribution < -0.4 is 4.74 Å². The molecule has 0 aliphatic rings. The molecule has 0 atom stereocenters. The van der Waals surface area contributed by atoms with Gasteiger partial charge in [0.1, 0.15) is 5.75 Å². The van der Waals surface area contributed by atoms with Gasteiger partial charge >= 0.3 is 5.97 Å². The Labute approximate surface area is 145 Å². The van der Waals surface area contributed by atoms with Gasteiger partial charge in [0, 0.05) is 5.56 Å². The topological polar surface area (TPSA) is 64.4 Å². The fraction of sp³-hybridized carbons (Fsp3) is 0.125. The molecule has 0 unspecified atom stereocenters. The first-order chi connectivity index (χ1) is 11.0. The summed E-state index contributed by atoms with van der Waals surface area (Å²) in [6, 6.07) is 11.2. The first kappa shape index (κ1) is 15.8. The summed E-state index contributed by atoms with van der Waals surface area (Å²) < 4.78 is 7.80. The largest absolute Gasteiger partial charge is 0.497 e. The van der Waals surface area contributed by atoms with Crippen LogP contribution >= 0.6 is 27.3 Å². The van der Waals surface area contributed by atoms with E-state index >= 15 is 0 Å². The molecule has 0 aliphatic carbocycles. The number of benzene rings is 1. The molecule has 5 nitrogen and oxygen atoms in total. The molecule has 0 spiro atoms. The van der Waals surface area contributed by atoms with Gasteiger partial charge in [-0.15, -0.1) is 11.3 Å². The third kappa shape index (κ3) is 2.89. The molecule has 0 saturated carbocycles. The van der Waals surface area contributed by atoms with E-state index in [-0.39, 0.29) is 5.69 Å². The monoisotopic (exact) mass is 392 g/mol. The number of thiophene rings is 1. The first-order valence-corrected chi connectivity index (χ1v) is 8.35. The normalized spacial score (nSPS) is 10.7. The lowest BCUT2D eigenvalue weighted by atomic mass is 10.1. The molecule has 1 N–H and O–H groups in total. The third-order valence-corrected chi connectivity index (χ3v) is 5.08. The first-order valence-electron chi connectivity index (χ1n) is 6.74. The molecule has 2 heterocycles. The summed E-state index contributed by atoms with van der Waals surface area (Å²) in [6.45, 7) is 1.78. The van der Waals surface area contributed by atoms with Crippen molar-refractivity contribution in [3.05, 3.63) is 51.4 Å². The van der Waals surface area contributed by atoms with Crippen LogP contribution in [0.5, 0.6) is 5.75 Å². The quantitative estimate of drug-likeness (QED) is 0.715. The van der Waals surface area contributed by atoms with Crippen molar-refractivity contribution in [3.8, 4) is 22.0 Å². The Morgan fingerprint density at radius 3 is 2.48 bits per heavy atom. The van der Waals surface area contributed by atoms with E-state index in [2.05, 4.69) is 21.0 Å². The minimum absolute atomic E-state index is 0.0559. The van der Waals surface area contributed by atoms with Crippen molar-refractivity contribution in [3.63, 3.8) is 0 Å². The highest BCUT2D eigenvalue weighted by molar-refractivity contribution is 9.11. The molecule has 0 fully saturated rings. The molecule has 118 valence electrons. The SMILES string of the molecule is COc1ccc(-n2nc(C(=O)O)c(C)c2-c2ccc(Br)s2)cc1. The smallest absolute Gasteiger partial charge is 0.356 e. The van der Waals surface area contributed by atoms with E-state index < -0.39 is 5.97 Å². The molecule has 0 radical (unpaired) electrons.